The highest BCUT2D eigenvalue weighted by Gasteiger charge is 2.22. The van der Waals surface area contributed by atoms with Gasteiger partial charge < -0.3 is 34.5 Å². The van der Waals surface area contributed by atoms with Gasteiger partial charge in [-0.05, 0) is 41.9 Å². The number of nitrogens with zero attached hydrogens (tertiary/aromatic N) is 4. The van der Waals surface area contributed by atoms with Crippen LogP contribution < -0.4 is 20.7 Å². The van der Waals surface area contributed by atoms with E-state index in [9.17, 15) is 24.6 Å². The second-order valence-electron chi connectivity index (χ2n) is 11.8. The smallest absolute Gasteiger partial charge is 0.409 e. The minimum absolute atomic E-state index is 0.0312. The molecule has 0 saturated carbocycles. The van der Waals surface area contributed by atoms with Crippen LogP contribution in [-0.2, 0) is 11.5 Å². The Morgan fingerprint density at radius 2 is 1.65 bits per heavy atom. The largest absolute Gasteiger partial charge is 0.480 e. The Hall–Kier alpha value is -4.86. The average Bonchev–Trinajstić information content (AvgIpc) is 3.33. The molecule has 0 fully saturated rings. The molecule has 2 heterocycles. The molecule has 14 nitrogen and oxygen atoms in total. The van der Waals surface area contributed by atoms with Gasteiger partial charge in [-0.15, -0.1) is 0 Å². The Morgan fingerprint density at radius 3 is 2.26 bits per heavy atom. The van der Waals surface area contributed by atoms with Crippen LogP contribution in [0.5, 0.6) is 5.88 Å². The molecular weight excluding hydrogens is 634 g/mol. The van der Waals surface area contributed by atoms with Crippen molar-refractivity contribution >= 4 is 71.8 Å². The second-order valence-corrected chi connectivity index (χ2v) is 17.8. The topological polar surface area (TPSA) is 180 Å². The molecule has 3 amide bonds. The van der Waals surface area contributed by atoms with E-state index in [1.54, 1.807) is 49.1 Å². The fraction of sp³-hybridized carbons (Fsp3) is 0.300. The lowest BCUT2D eigenvalue weighted by Gasteiger charge is -2.16. The second kappa shape index (κ2) is 14.1. The summed E-state index contributed by atoms with van der Waals surface area (Å²) in [5, 5.41) is 27.0. The van der Waals surface area contributed by atoms with Crippen LogP contribution in [0.3, 0.4) is 0 Å². The van der Waals surface area contributed by atoms with Crippen molar-refractivity contribution in [2.75, 3.05) is 43.8 Å². The molecule has 0 unspecified atom stereocenters. The van der Waals surface area contributed by atoms with Crippen LogP contribution >= 0.6 is 11.6 Å². The van der Waals surface area contributed by atoms with Gasteiger partial charge in [-0.2, -0.15) is 9.97 Å². The van der Waals surface area contributed by atoms with Gasteiger partial charge in [-0.3, -0.25) is 15.4 Å². The third kappa shape index (κ3) is 8.24. The molecule has 16 heteroatoms. The minimum Gasteiger partial charge on any atom is -0.480 e. The van der Waals surface area contributed by atoms with E-state index in [-0.39, 0.29) is 40.9 Å². The number of methoxy groups -OCH3 is 1. The van der Waals surface area contributed by atoms with E-state index >= 15 is 0 Å². The van der Waals surface area contributed by atoms with Gasteiger partial charge in [0.1, 0.15) is 6.73 Å². The van der Waals surface area contributed by atoms with E-state index in [4.69, 9.17) is 26.1 Å². The van der Waals surface area contributed by atoms with Crippen LogP contribution in [0.2, 0.25) is 30.7 Å². The van der Waals surface area contributed by atoms with Crippen molar-refractivity contribution < 1.29 is 34.1 Å². The van der Waals surface area contributed by atoms with E-state index < -0.39 is 20.3 Å². The van der Waals surface area contributed by atoms with Crippen LogP contribution in [0.1, 0.15) is 10.4 Å². The molecule has 2 aromatic heterocycles. The van der Waals surface area contributed by atoms with E-state index in [0.29, 0.717) is 40.0 Å². The maximum atomic E-state index is 12.4. The van der Waals surface area contributed by atoms with Crippen molar-refractivity contribution in [2.24, 2.45) is 0 Å². The monoisotopic (exact) mass is 669 g/mol. The number of carboxylic acid groups (broad SMARTS) is 2. The lowest BCUT2D eigenvalue weighted by molar-refractivity contribution is 0.0827. The lowest BCUT2D eigenvalue weighted by atomic mass is 10.0. The summed E-state index contributed by atoms with van der Waals surface area (Å²) in [7, 11) is 3.42. The molecule has 0 aliphatic heterocycles. The first-order chi connectivity index (χ1) is 21.7. The Balaban J connectivity index is 1.82. The molecule has 4 rings (SSSR count). The molecule has 4 aromatic rings. The molecule has 0 spiro atoms. The summed E-state index contributed by atoms with van der Waals surface area (Å²) in [5.74, 6) is 0.181. The van der Waals surface area contributed by atoms with Crippen molar-refractivity contribution in [3.63, 3.8) is 0 Å². The van der Waals surface area contributed by atoms with Crippen LogP contribution in [-0.4, -0.2) is 83.6 Å². The van der Waals surface area contributed by atoms with Crippen molar-refractivity contribution in [3.8, 4) is 17.0 Å². The summed E-state index contributed by atoms with van der Waals surface area (Å²) < 4.78 is 13.5. The molecule has 46 heavy (non-hydrogen) atoms. The molecule has 5 N–H and O–H groups in total. The normalized spacial score (nSPS) is 11.3. The lowest BCUT2D eigenvalue weighted by Crippen LogP contribution is -2.22. The fourth-order valence-corrected chi connectivity index (χ4v) is 5.48. The van der Waals surface area contributed by atoms with Crippen LogP contribution in [0, 0.1) is 0 Å². The summed E-state index contributed by atoms with van der Waals surface area (Å²) in [5.41, 5.74) is 2.56. The summed E-state index contributed by atoms with van der Waals surface area (Å²) >= 11 is 6.52. The standard InChI is InChI=1S/C30H36ClN7O7Si/c1-37(2)27(39)18-8-9-21(20(31)13-18)32-28-35-25-24(26(36-28)44-3)19(15-38(25)16-45-11-12-46(4,5)6)17-7-10-22(33-29(40)41)23(14-17)34-30(42)43/h7-10,13-15,33-34H,11-12,16H2,1-6H3,(H,40,41)(H,42,43)(H,32,35,36). The highest BCUT2D eigenvalue weighted by molar-refractivity contribution is 6.76. The molecule has 0 radical (unpaired) electrons. The Labute approximate surface area is 271 Å². The summed E-state index contributed by atoms with van der Waals surface area (Å²) in [6, 6.07) is 10.4. The quantitative estimate of drug-likeness (QED) is 0.0805. The first kappa shape index (κ1) is 34.0. The predicted molar refractivity (Wildman–Crippen MR) is 180 cm³/mol. The number of amides is 3. The number of anilines is 4. The number of carbonyl (C=O) groups is 3. The highest BCUT2D eigenvalue weighted by Crippen LogP contribution is 2.39. The maximum Gasteiger partial charge on any atom is 0.409 e. The average molecular weight is 670 g/mol. The number of halogens is 1. The van der Waals surface area contributed by atoms with Gasteiger partial charge >= 0.3 is 12.2 Å². The summed E-state index contributed by atoms with van der Waals surface area (Å²) in [6.45, 7) is 7.48. The van der Waals surface area contributed by atoms with Crippen LogP contribution in [0.4, 0.5) is 32.6 Å². The van der Waals surface area contributed by atoms with Gasteiger partial charge in [0.15, 0.2) is 5.65 Å². The summed E-state index contributed by atoms with van der Waals surface area (Å²) in [4.78, 5) is 46.0. The number of aromatic nitrogens is 3. The number of nitrogens with one attached hydrogen (secondary N) is 3. The van der Waals surface area contributed by atoms with Crippen molar-refractivity contribution in [1.29, 1.82) is 0 Å². The van der Waals surface area contributed by atoms with Crippen LogP contribution in [0.25, 0.3) is 22.2 Å². The first-order valence-corrected chi connectivity index (χ1v) is 18.2. The number of ether oxygens (including phenoxy) is 2. The number of fused-ring (bicyclic) bond motifs is 1. The van der Waals surface area contributed by atoms with E-state index in [1.807, 2.05) is 0 Å². The zero-order valence-electron chi connectivity index (χ0n) is 26.3. The number of hydrogen-bond donors (Lipinski definition) is 5. The van der Waals surface area contributed by atoms with E-state index in [2.05, 4.69) is 40.6 Å². The molecule has 0 aliphatic rings. The number of carbonyl (C=O) groups excluding carboxylic acids is 1. The Kier molecular flexibility index (Phi) is 10.4. The molecular formula is C30H36ClN7O7Si. The van der Waals surface area contributed by atoms with Gasteiger partial charge in [0.05, 0.1) is 34.6 Å². The maximum absolute atomic E-state index is 12.4. The summed E-state index contributed by atoms with van der Waals surface area (Å²) in [6.07, 6.45) is -0.917. The minimum atomic E-state index is -1.36. The third-order valence-corrected chi connectivity index (χ3v) is 8.80. The number of benzene rings is 2. The highest BCUT2D eigenvalue weighted by atomic mass is 35.5. The van der Waals surface area contributed by atoms with E-state index in [1.165, 1.54) is 24.1 Å². The SMILES string of the molecule is COc1nc(Nc2ccc(C(=O)N(C)C)cc2Cl)nc2c1c(-c1ccc(NC(=O)O)c(NC(=O)O)c1)cn2COCC[Si](C)(C)C. The molecule has 0 aliphatic carbocycles. The van der Waals surface area contributed by atoms with Crippen LogP contribution in [0.15, 0.2) is 42.6 Å². The molecule has 0 saturated heterocycles. The van der Waals surface area contributed by atoms with Crippen molar-refractivity contribution in [3.05, 3.63) is 53.2 Å². The zero-order valence-corrected chi connectivity index (χ0v) is 28.0. The van der Waals surface area contributed by atoms with E-state index in [0.717, 1.165) is 6.04 Å². The molecule has 0 atom stereocenters. The molecule has 0 bridgehead atoms. The van der Waals surface area contributed by atoms with Gasteiger partial charge in [-0.25, -0.2) is 9.59 Å². The third-order valence-electron chi connectivity index (χ3n) is 6.79. The zero-order chi connectivity index (χ0) is 33.8. The van der Waals surface area contributed by atoms with Gasteiger partial charge in [-0.1, -0.05) is 37.3 Å². The molecule has 2 aromatic carbocycles. The molecule has 244 valence electrons. The number of rotatable bonds is 12. The predicted octanol–water partition coefficient (Wildman–Crippen LogP) is 6.70. The van der Waals surface area contributed by atoms with Gasteiger partial charge in [0.2, 0.25) is 11.8 Å². The Morgan fingerprint density at radius 1 is 0.978 bits per heavy atom. The van der Waals surface area contributed by atoms with Gasteiger partial charge in [0.25, 0.3) is 5.91 Å². The van der Waals surface area contributed by atoms with Crippen molar-refractivity contribution in [1.82, 2.24) is 19.4 Å². The Bertz CT molecular complexity index is 1790. The number of hydrogen-bond acceptors (Lipinski definition) is 8. The van der Waals surface area contributed by atoms with Crippen molar-refractivity contribution in [2.45, 2.75) is 32.4 Å². The van der Waals surface area contributed by atoms with Gasteiger partial charge in [0, 0.05) is 46.1 Å². The fourth-order valence-electron chi connectivity index (χ4n) is 4.50. The first-order valence-electron chi connectivity index (χ1n) is 14.1.